The van der Waals surface area contributed by atoms with Crippen molar-refractivity contribution in [2.24, 2.45) is 5.73 Å². The molecule has 0 atom stereocenters. The van der Waals surface area contributed by atoms with Gasteiger partial charge in [-0.25, -0.2) is 9.97 Å². The van der Waals surface area contributed by atoms with E-state index in [1.54, 1.807) is 29.6 Å². The van der Waals surface area contributed by atoms with E-state index in [0.717, 1.165) is 11.3 Å². The Kier molecular flexibility index (Phi) is 5.40. The van der Waals surface area contributed by atoms with Gasteiger partial charge < -0.3 is 19.8 Å². The van der Waals surface area contributed by atoms with Crippen molar-refractivity contribution in [2.75, 3.05) is 20.2 Å². The largest absolute Gasteiger partial charge is 0.492 e. The van der Waals surface area contributed by atoms with Crippen molar-refractivity contribution in [3.63, 3.8) is 0 Å². The van der Waals surface area contributed by atoms with Gasteiger partial charge >= 0.3 is 0 Å². The first-order valence-corrected chi connectivity index (χ1v) is 9.61. The average molecular weight is 419 g/mol. The van der Waals surface area contributed by atoms with Crippen LogP contribution in [0.25, 0.3) is 17.1 Å². The van der Waals surface area contributed by atoms with Crippen molar-refractivity contribution in [2.45, 2.75) is 6.92 Å². The van der Waals surface area contributed by atoms with Gasteiger partial charge in [-0.15, -0.1) is 0 Å². The molecule has 31 heavy (non-hydrogen) atoms. The minimum absolute atomic E-state index is 0.0205. The van der Waals surface area contributed by atoms with Crippen LogP contribution < -0.4 is 10.5 Å². The molecule has 0 aliphatic rings. The smallest absolute Gasteiger partial charge is 0.272 e. The predicted molar refractivity (Wildman–Crippen MR) is 113 cm³/mol. The van der Waals surface area contributed by atoms with Crippen LogP contribution in [-0.2, 0) is 0 Å². The first-order chi connectivity index (χ1) is 14.9. The Labute approximate surface area is 178 Å². The number of aromatic nitrogens is 3. The first-order valence-electron chi connectivity index (χ1n) is 9.61. The number of hydrogen-bond donors (Lipinski definition) is 1. The van der Waals surface area contributed by atoms with Gasteiger partial charge in [-0.05, 0) is 42.8 Å². The second-order valence-electron chi connectivity index (χ2n) is 7.05. The van der Waals surface area contributed by atoms with E-state index in [1.807, 2.05) is 31.2 Å². The Hall–Kier alpha value is -4.14. The van der Waals surface area contributed by atoms with E-state index in [0.29, 0.717) is 24.6 Å². The number of fused-ring (bicyclic) bond motifs is 1. The van der Waals surface area contributed by atoms with Crippen LogP contribution >= 0.6 is 0 Å². The lowest BCUT2D eigenvalue weighted by Gasteiger charge is -2.18. The van der Waals surface area contributed by atoms with E-state index in [9.17, 15) is 9.59 Å². The number of furan rings is 1. The van der Waals surface area contributed by atoms with Crippen molar-refractivity contribution in [3.8, 4) is 17.2 Å². The molecule has 0 unspecified atom stereocenters. The van der Waals surface area contributed by atoms with Crippen molar-refractivity contribution in [1.82, 2.24) is 19.3 Å². The molecule has 0 aliphatic heterocycles. The van der Waals surface area contributed by atoms with Gasteiger partial charge in [-0.2, -0.15) is 0 Å². The SMILES string of the molecule is Cc1cccc(OCCN(C)C(=O)c2cc(-c3ccco3)n3cnc(C(N)=O)c3n2)c1. The van der Waals surface area contributed by atoms with Gasteiger partial charge in [-0.3, -0.25) is 14.0 Å². The third-order valence-corrected chi connectivity index (χ3v) is 4.76. The van der Waals surface area contributed by atoms with E-state index in [2.05, 4.69) is 9.97 Å². The number of primary amides is 1. The molecule has 0 spiro atoms. The number of nitrogens with two attached hydrogens (primary N) is 1. The summed E-state index contributed by atoms with van der Waals surface area (Å²) in [6.07, 6.45) is 2.94. The summed E-state index contributed by atoms with van der Waals surface area (Å²) in [7, 11) is 1.66. The summed E-state index contributed by atoms with van der Waals surface area (Å²) in [5.74, 6) is 0.177. The highest BCUT2D eigenvalue weighted by molar-refractivity contribution is 5.99. The number of hydrogen-bond acceptors (Lipinski definition) is 6. The van der Waals surface area contributed by atoms with Crippen LogP contribution in [-0.4, -0.2) is 51.3 Å². The molecule has 0 aliphatic carbocycles. The molecule has 2 N–H and O–H groups in total. The standard InChI is InChI=1S/C22H21N5O4/c1-14-5-3-6-15(11-14)30-10-8-26(2)22(29)16-12-17(18-7-4-9-31-18)27-13-24-19(20(23)28)21(27)25-16/h3-7,9,11-13H,8,10H2,1-2H3,(H2,23,28). The summed E-state index contributed by atoms with van der Waals surface area (Å²) in [4.78, 5) is 34.7. The van der Waals surface area contributed by atoms with Crippen LogP contribution in [0.4, 0.5) is 0 Å². The predicted octanol–water partition coefficient (Wildman–Crippen LogP) is 2.55. The number of nitrogens with zero attached hydrogens (tertiary/aromatic N) is 4. The normalized spacial score (nSPS) is 10.9. The molecule has 1 aromatic carbocycles. The molecule has 4 rings (SSSR count). The van der Waals surface area contributed by atoms with E-state index in [4.69, 9.17) is 14.9 Å². The summed E-state index contributed by atoms with van der Waals surface area (Å²) in [5.41, 5.74) is 7.35. The van der Waals surface area contributed by atoms with Crippen LogP contribution in [0.2, 0.25) is 0 Å². The fraction of sp³-hybridized carbons (Fsp3) is 0.182. The topological polar surface area (TPSA) is 116 Å². The highest BCUT2D eigenvalue weighted by atomic mass is 16.5. The Morgan fingerprint density at radius 1 is 1.23 bits per heavy atom. The number of rotatable bonds is 7. The van der Waals surface area contributed by atoms with Crippen molar-refractivity contribution >= 4 is 17.5 Å². The average Bonchev–Trinajstić information content (AvgIpc) is 3.42. The maximum absolute atomic E-state index is 13.0. The van der Waals surface area contributed by atoms with Crippen LogP contribution in [0.3, 0.4) is 0 Å². The zero-order chi connectivity index (χ0) is 22.0. The number of likely N-dealkylation sites (N-methyl/N-ethyl adjacent to an activating group) is 1. The summed E-state index contributed by atoms with van der Waals surface area (Å²) >= 11 is 0. The summed E-state index contributed by atoms with van der Waals surface area (Å²) in [6, 6.07) is 12.8. The molecule has 0 saturated heterocycles. The van der Waals surface area contributed by atoms with E-state index >= 15 is 0 Å². The van der Waals surface area contributed by atoms with Crippen molar-refractivity contribution in [3.05, 3.63) is 72.0 Å². The minimum atomic E-state index is -0.732. The molecule has 0 saturated carbocycles. The van der Waals surface area contributed by atoms with Gasteiger partial charge in [0.1, 0.15) is 24.4 Å². The Bertz CT molecular complexity index is 1250. The van der Waals surface area contributed by atoms with Gasteiger partial charge in [0.2, 0.25) is 0 Å². The fourth-order valence-electron chi connectivity index (χ4n) is 3.17. The second kappa shape index (κ2) is 8.31. The van der Waals surface area contributed by atoms with Gasteiger partial charge in [0.05, 0.1) is 18.5 Å². The summed E-state index contributed by atoms with van der Waals surface area (Å²) in [6.45, 7) is 2.65. The first kappa shape index (κ1) is 20.1. The second-order valence-corrected chi connectivity index (χ2v) is 7.05. The molecule has 0 radical (unpaired) electrons. The lowest BCUT2D eigenvalue weighted by atomic mass is 10.2. The number of imidazole rings is 1. The molecule has 3 aromatic heterocycles. The van der Waals surface area contributed by atoms with E-state index in [-0.39, 0.29) is 22.9 Å². The monoisotopic (exact) mass is 419 g/mol. The zero-order valence-corrected chi connectivity index (χ0v) is 17.1. The molecule has 9 heteroatoms. The molecule has 0 bridgehead atoms. The van der Waals surface area contributed by atoms with Gasteiger partial charge in [0, 0.05) is 7.05 Å². The molecule has 9 nitrogen and oxygen atoms in total. The molecule has 158 valence electrons. The van der Waals surface area contributed by atoms with Crippen LogP contribution in [0.5, 0.6) is 5.75 Å². The lowest BCUT2D eigenvalue weighted by molar-refractivity contribution is 0.0768. The maximum atomic E-state index is 13.0. The van der Waals surface area contributed by atoms with Crippen molar-refractivity contribution < 1.29 is 18.7 Å². The van der Waals surface area contributed by atoms with E-state index in [1.165, 1.54) is 17.5 Å². The summed E-state index contributed by atoms with van der Waals surface area (Å²) in [5, 5.41) is 0. The number of ether oxygens (including phenoxy) is 1. The van der Waals surface area contributed by atoms with Crippen LogP contribution in [0.15, 0.2) is 59.5 Å². The van der Waals surface area contributed by atoms with Gasteiger partial charge in [-0.1, -0.05) is 12.1 Å². The quantitative estimate of drug-likeness (QED) is 0.492. The number of carbonyl (C=O) groups is 2. The Morgan fingerprint density at radius 3 is 2.77 bits per heavy atom. The van der Waals surface area contributed by atoms with Crippen molar-refractivity contribution in [1.29, 1.82) is 0 Å². The Morgan fingerprint density at radius 2 is 2.06 bits per heavy atom. The van der Waals surface area contributed by atoms with Crippen LogP contribution in [0.1, 0.15) is 26.5 Å². The number of amides is 2. The number of carbonyl (C=O) groups excluding carboxylic acids is 2. The molecular formula is C22H21N5O4. The molecule has 2 amide bonds. The lowest BCUT2D eigenvalue weighted by Crippen LogP contribution is -2.31. The third-order valence-electron chi connectivity index (χ3n) is 4.76. The fourth-order valence-corrected chi connectivity index (χ4v) is 3.17. The van der Waals surface area contributed by atoms with Gasteiger partial charge in [0.15, 0.2) is 17.1 Å². The Balaban J connectivity index is 1.59. The third kappa shape index (κ3) is 4.11. The molecule has 4 aromatic rings. The molecular weight excluding hydrogens is 398 g/mol. The molecule has 3 heterocycles. The zero-order valence-electron chi connectivity index (χ0n) is 17.1. The number of aryl methyl sites for hydroxylation is 1. The van der Waals surface area contributed by atoms with Crippen LogP contribution in [0, 0.1) is 6.92 Å². The van der Waals surface area contributed by atoms with Gasteiger partial charge in [0.25, 0.3) is 11.8 Å². The summed E-state index contributed by atoms with van der Waals surface area (Å²) < 4.78 is 12.8. The maximum Gasteiger partial charge on any atom is 0.272 e. The number of benzene rings is 1. The molecule has 0 fully saturated rings. The highest BCUT2D eigenvalue weighted by Gasteiger charge is 2.21. The highest BCUT2D eigenvalue weighted by Crippen LogP contribution is 2.23. The minimum Gasteiger partial charge on any atom is -0.492 e. The van der Waals surface area contributed by atoms with E-state index < -0.39 is 5.91 Å².